The number of benzene rings is 1. The summed E-state index contributed by atoms with van der Waals surface area (Å²) < 4.78 is 26.4. The van der Waals surface area contributed by atoms with Crippen LogP contribution in [0.3, 0.4) is 0 Å². The van der Waals surface area contributed by atoms with Crippen LogP contribution in [-0.4, -0.2) is 17.1 Å². The molecule has 1 heterocycles. The molecule has 2 amide bonds. The summed E-state index contributed by atoms with van der Waals surface area (Å²) in [6.45, 7) is 0. The van der Waals surface area contributed by atoms with Crippen LogP contribution in [0.1, 0.15) is 10.9 Å². The molecule has 5 nitrogen and oxygen atoms in total. The number of urea groups is 1. The second-order valence-corrected chi connectivity index (χ2v) is 4.99. The number of halogens is 2. The van der Waals surface area contributed by atoms with Crippen LogP contribution in [0.2, 0.25) is 0 Å². The van der Waals surface area contributed by atoms with Crippen LogP contribution in [0.25, 0.3) is 0 Å². The Morgan fingerprint density at radius 2 is 2.00 bits per heavy atom. The molecule has 8 heteroatoms. The average molecular weight is 312 g/mol. The van der Waals surface area contributed by atoms with Crippen molar-refractivity contribution in [3.63, 3.8) is 0 Å². The SMILES string of the molecule is O=C(Nc1cc(F)ccc1F)NC(C(=O)O)c1cccs1. The summed E-state index contributed by atoms with van der Waals surface area (Å²) in [6.07, 6.45) is 0. The van der Waals surface area contributed by atoms with Crippen molar-refractivity contribution in [3.8, 4) is 0 Å². The van der Waals surface area contributed by atoms with Crippen molar-refractivity contribution < 1.29 is 23.5 Å². The van der Waals surface area contributed by atoms with Crippen molar-refractivity contribution in [2.45, 2.75) is 6.04 Å². The van der Waals surface area contributed by atoms with Crippen LogP contribution in [-0.2, 0) is 4.79 Å². The maximum atomic E-state index is 13.4. The van der Waals surface area contributed by atoms with Crippen LogP contribution in [0.5, 0.6) is 0 Å². The van der Waals surface area contributed by atoms with Crippen molar-refractivity contribution >= 4 is 29.0 Å². The summed E-state index contributed by atoms with van der Waals surface area (Å²) in [6, 6.07) is 3.55. The Bertz CT molecular complexity index is 661. The van der Waals surface area contributed by atoms with E-state index in [2.05, 4.69) is 10.6 Å². The Kier molecular flexibility index (Phi) is 4.49. The standard InChI is InChI=1S/C13H10F2N2O3S/c14-7-3-4-8(15)9(6-7)16-13(20)17-11(12(18)19)10-2-1-5-21-10/h1-6,11H,(H,18,19)(H2,16,17,20). The van der Waals surface area contributed by atoms with E-state index in [0.29, 0.717) is 4.88 Å². The zero-order chi connectivity index (χ0) is 15.4. The number of hydrogen-bond acceptors (Lipinski definition) is 3. The van der Waals surface area contributed by atoms with E-state index in [9.17, 15) is 18.4 Å². The predicted octanol–water partition coefficient (Wildman–Crippen LogP) is 2.97. The van der Waals surface area contributed by atoms with Gasteiger partial charge in [-0.3, -0.25) is 0 Å². The molecule has 1 aromatic heterocycles. The number of hydrogen-bond donors (Lipinski definition) is 3. The predicted molar refractivity (Wildman–Crippen MR) is 73.2 cm³/mol. The van der Waals surface area contributed by atoms with E-state index in [-0.39, 0.29) is 5.69 Å². The summed E-state index contributed by atoms with van der Waals surface area (Å²) in [5, 5.41) is 15.0. The highest BCUT2D eigenvalue weighted by Gasteiger charge is 2.23. The van der Waals surface area contributed by atoms with Gasteiger partial charge in [-0.25, -0.2) is 18.4 Å². The van der Waals surface area contributed by atoms with Gasteiger partial charge in [0.1, 0.15) is 11.6 Å². The lowest BCUT2D eigenvalue weighted by Crippen LogP contribution is -2.36. The monoisotopic (exact) mass is 312 g/mol. The largest absolute Gasteiger partial charge is 0.479 e. The summed E-state index contributed by atoms with van der Waals surface area (Å²) in [5.74, 6) is -2.80. The lowest BCUT2D eigenvalue weighted by molar-refractivity contribution is -0.139. The Balaban J connectivity index is 2.10. The molecule has 0 saturated heterocycles. The number of rotatable bonds is 4. The molecule has 0 spiro atoms. The average Bonchev–Trinajstić information content (AvgIpc) is 2.93. The normalized spacial score (nSPS) is 11.7. The van der Waals surface area contributed by atoms with Crippen LogP contribution in [0, 0.1) is 11.6 Å². The minimum absolute atomic E-state index is 0.372. The topological polar surface area (TPSA) is 78.4 Å². The first-order valence-corrected chi connectivity index (χ1v) is 6.64. The zero-order valence-electron chi connectivity index (χ0n) is 10.5. The fraction of sp³-hybridized carbons (Fsp3) is 0.0769. The summed E-state index contributed by atoms with van der Waals surface area (Å²) in [4.78, 5) is 23.3. The van der Waals surface area contributed by atoms with Crippen molar-refractivity contribution in [1.82, 2.24) is 5.32 Å². The van der Waals surface area contributed by atoms with Crippen LogP contribution in [0.15, 0.2) is 35.7 Å². The number of anilines is 1. The van der Waals surface area contributed by atoms with Crippen LogP contribution < -0.4 is 10.6 Å². The van der Waals surface area contributed by atoms with Gasteiger partial charge in [0, 0.05) is 10.9 Å². The lowest BCUT2D eigenvalue weighted by Gasteiger charge is -2.14. The lowest BCUT2D eigenvalue weighted by atomic mass is 10.2. The molecule has 3 N–H and O–H groups in total. The number of amides is 2. The molecule has 1 unspecified atom stereocenters. The van der Waals surface area contributed by atoms with Gasteiger partial charge in [-0.2, -0.15) is 0 Å². The minimum Gasteiger partial charge on any atom is -0.479 e. The third-order valence-electron chi connectivity index (χ3n) is 2.53. The van der Waals surface area contributed by atoms with Gasteiger partial charge >= 0.3 is 12.0 Å². The Hall–Kier alpha value is -2.48. The minimum atomic E-state index is -1.26. The van der Waals surface area contributed by atoms with Crippen molar-refractivity contribution in [2.75, 3.05) is 5.32 Å². The van der Waals surface area contributed by atoms with Crippen molar-refractivity contribution in [3.05, 3.63) is 52.2 Å². The Morgan fingerprint density at radius 3 is 2.62 bits per heavy atom. The van der Waals surface area contributed by atoms with Gasteiger partial charge in [0.05, 0.1) is 5.69 Å². The van der Waals surface area contributed by atoms with Gasteiger partial charge in [0.25, 0.3) is 0 Å². The molecular weight excluding hydrogens is 302 g/mol. The number of carbonyl (C=O) groups is 2. The van der Waals surface area contributed by atoms with Crippen molar-refractivity contribution in [1.29, 1.82) is 0 Å². The highest BCUT2D eigenvalue weighted by molar-refractivity contribution is 7.10. The zero-order valence-corrected chi connectivity index (χ0v) is 11.3. The summed E-state index contributed by atoms with van der Waals surface area (Å²) >= 11 is 1.16. The highest BCUT2D eigenvalue weighted by atomic mass is 32.1. The van der Waals surface area contributed by atoms with E-state index in [0.717, 1.165) is 29.5 Å². The first kappa shape index (κ1) is 14.9. The molecule has 110 valence electrons. The molecule has 0 bridgehead atoms. The van der Waals surface area contributed by atoms with Crippen molar-refractivity contribution in [2.24, 2.45) is 0 Å². The van der Waals surface area contributed by atoms with Gasteiger partial charge in [-0.1, -0.05) is 6.07 Å². The smallest absolute Gasteiger partial charge is 0.331 e. The molecule has 0 radical (unpaired) electrons. The molecule has 0 fully saturated rings. The third-order valence-corrected chi connectivity index (χ3v) is 3.46. The summed E-state index contributed by atoms with van der Waals surface area (Å²) in [7, 11) is 0. The molecule has 1 atom stereocenters. The number of carboxylic acid groups (broad SMARTS) is 1. The van der Waals surface area contributed by atoms with E-state index < -0.39 is 29.7 Å². The third kappa shape index (κ3) is 3.76. The molecule has 0 saturated carbocycles. The fourth-order valence-electron chi connectivity index (χ4n) is 1.59. The van der Waals surface area contributed by atoms with Gasteiger partial charge in [0.15, 0.2) is 6.04 Å². The highest BCUT2D eigenvalue weighted by Crippen LogP contribution is 2.20. The van der Waals surface area contributed by atoms with Gasteiger partial charge in [-0.05, 0) is 23.6 Å². The Morgan fingerprint density at radius 1 is 1.24 bits per heavy atom. The molecule has 21 heavy (non-hydrogen) atoms. The van der Waals surface area contributed by atoms with E-state index >= 15 is 0 Å². The molecule has 2 rings (SSSR count). The second-order valence-electron chi connectivity index (χ2n) is 4.01. The number of carbonyl (C=O) groups excluding carboxylic acids is 1. The van der Waals surface area contributed by atoms with E-state index in [1.165, 1.54) is 0 Å². The molecule has 2 aromatic rings. The molecular formula is C13H10F2N2O3S. The van der Waals surface area contributed by atoms with Gasteiger partial charge in [0.2, 0.25) is 0 Å². The van der Waals surface area contributed by atoms with Crippen LogP contribution >= 0.6 is 11.3 Å². The maximum absolute atomic E-state index is 13.4. The fourth-order valence-corrected chi connectivity index (χ4v) is 2.36. The first-order chi connectivity index (χ1) is 9.97. The maximum Gasteiger partial charge on any atom is 0.331 e. The molecule has 1 aromatic carbocycles. The molecule has 0 aliphatic rings. The quantitative estimate of drug-likeness (QED) is 0.812. The second kappa shape index (κ2) is 6.31. The molecule has 0 aliphatic carbocycles. The number of nitrogens with one attached hydrogen (secondary N) is 2. The van der Waals surface area contributed by atoms with E-state index in [1.807, 2.05) is 0 Å². The first-order valence-electron chi connectivity index (χ1n) is 5.76. The summed E-state index contributed by atoms with van der Waals surface area (Å²) in [5.41, 5.74) is -0.372. The van der Waals surface area contributed by atoms with Gasteiger partial charge < -0.3 is 15.7 Å². The number of aliphatic carboxylic acids is 1. The van der Waals surface area contributed by atoms with E-state index in [4.69, 9.17) is 5.11 Å². The van der Waals surface area contributed by atoms with E-state index in [1.54, 1.807) is 17.5 Å². The van der Waals surface area contributed by atoms with Gasteiger partial charge in [-0.15, -0.1) is 11.3 Å². The molecule has 0 aliphatic heterocycles. The Labute approximate surface area is 122 Å². The number of thiophene rings is 1. The number of carboxylic acids is 1. The van der Waals surface area contributed by atoms with Crippen LogP contribution in [0.4, 0.5) is 19.3 Å².